The Hall–Kier alpha value is -6.71. The largest absolute Gasteiger partial charge is 0.276 e. The highest BCUT2D eigenvalue weighted by Crippen LogP contribution is 2.52. The first-order chi connectivity index (χ1) is 28.7. The number of rotatable bonds is 4. The molecule has 6 unspecified atom stereocenters. The van der Waals surface area contributed by atoms with Gasteiger partial charge in [-0.15, -0.1) is 0 Å². The molecule has 5 aromatic rings. The maximum atomic E-state index is 5.52. The highest BCUT2D eigenvalue weighted by molar-refractivity contribution is 6.19. The second-order valence-corrected chi connectivity index (χ2v) is 16.4. The van der Waals surface area contributed by atoms with Gasteiger partial charge < -0.3 is 0 Å². The zero-order valence-electron chi connectivity index (χ0n) is 32.1. The van der Waals surface area contributed by atoms with Crippen LogP contribution >= 0.6 is 0 Å². The molecule has 0 fully saturated rings. The van der Waals surface area contributed by atoms with Crippen molar-refractivity contribution in [3.63, 3.8) is 0 Å². The Labute approximate surface area is 339 Å². The lowest BCUT2D eigenvalue weighted by Gasteiger charge is -2.42. The maximum Gasteiger partial charge on any atom is 0.0972 e. The summed E-state index contributed by atoms with van der Waals surface area (Å²) in [7, 11) is 0. The molecule has 0 bridgehead atoms. The Morgan fingerprint density at radius 1 is 0.483 bits per heavy atom. The molecule has 58 heavy (non-hydrogen) atoms. The van der Waals surface area contributed by atoms with Crippen LogP contribution in [0, 0.1) is 23.7 Å². The predicted molar refractivity (Wildman–Crippen MR) is 241 cm³/mol. The van der Waals surface area contributed by atoms with Crippen LogP contribution in [0.3, 0.4) is 0 Å². The monoisotopic (exact) mass is 743 g/mol. The standard InChI is InChI=1S/C55H41N3/c1-2-10-36(11-3-1)48-30-28-38-24-25-39-29-31-49(57-55(39)54(38)56-48)41-27-21-35-20-26-40(32-42(35)33-41)34-18-22-37(23-19-34)53-52-46-15-7-5-13-44(46)43-12-4-6-14-45(43)51(52)47-16-8-9-17-50(47)58-53/h2,4-33,35,42,44,46-47,50H,1,3H2. The van der Waals surface area contributed by atoms with Gasteiger partial charge in [-0.2, -0.15) is 0 Å². The third kappa shape index (κ3) is 5.45. The Bertz CT molecular complexity index is 2970. The number of pyridine rings is 2. The molecule has 3 nitrogen and oxygen atoms in total. The molecule has 276 valence electrons. The summed E-state index contributed by atoms with van der Waals surface area (Å²) < 4.78 is 0. The summed E-state index contributed by atoms with van der Waals surface area (Å²) in [5.74, 6) is 1.38. The summed E-state index contributed by atoms with van der Waals surface area (Å²) in [4.78, 5) is 16.0. The van der Waals surface area contributed by atoms with Crippen LogP contribution in [-0.2, 0) is 0 Å². The van der Waals surface area contributed by atoms with Crippen molar-refractivity contribution < 1.29 is 0 Å². The van der Waals surface area contributed by atoms with Crippen molar-refractivity contribution in [1.29, 1.82) is 0 Å². The van der Waals surface area contributed by atoms with Crippen LogP contribution < -0.4 is 0 Å². The fraction of sp³-hybridized carbons (Fsp3) is 0.145. The van der Waals surface area contributed by atoms with Crippen LogP contribution in [0.4, 0.5) is 0 Å². The van der Waals surface area contributed by atoms with Crippen LogP contribution in [0.25, 0.3) is 44.1 Å². The molecule has 0 spiro atoms. The van der Waals surface area contributed by atoms with E-state index in [1.807, 2.05) is 0 Å². The fourth-order valence-corrected chi connectivity index (χ4v) is 10.2. The number of benzene rings is 3. The van der Waals surface area contributed by atoms with Crippen LogP contribution in [-0.4, -0.2) is 21.7 Å². The van der Waals surface area contributed by atoms with Gasteiger partial charge in [0.05, 0.1) is 34.2 Å². The highest BCUT2D eigenvalue weighted by atomic mass is 14.8. The first-order valence-corrected chi connectivity index (χ1v) is 20.8. The maximum absolute atomic E-state index is 5.52. The first-order valence-electron chi connectivity index (χ1n) is 20.8. The summed E-state index contributed by atoms with van der Waals surface area (Å²) >= 11 is 0. The third-order valence-electron chi connectivity index (χ3n) is 13.1. The second-order valence-electron chi connectivity index (χ2n) is 16.4. The Kier molecular flexibility index (Phi) is 7.76. The summed E-state index contributed by atoms with van der Waals surface area (Å²) in [6.45, 7) is 0. The van der Waals surface area contributed by atoms with Gasteiger partial charge in [0.1, 0.15) is 0 Å². The number of hydrogen-bond acceptors (Lipinski definition) is 3. The highest BCUT2D eigenvalue weighted by Gasteiger charge is 2.42. The van der Waals surface area contributed by atoms with Gasteiger partial charge in [0, 0.05) is 45.9 Å². The SMILES string of the molecule is C1=CC2N=C(c3ccc(C4=CC5C=C(c6ccc7ccc8ccc(C9=CCCC=C9)nc8c7n6)C=CC5C=C4)cc3)C3=C(c4ccccc4C4C=CC=CC34)C2C=C1. The number of dihydropyridines is 1. The summed E-state index contributed by atoms with van der Waals surface area (Å²) in [6.07, 6.45) is 41.1. The van der Waals surface area contributed by atoms with Gasteiger partial charge in [0.25, 0.3) is 0 Å². The number of hydrogen-bond donors (Lipinski definition) is 0. The number of aliphatic imine (C=N–C) groups is 1. The van der Waals surface area contributed by atoms with Crippen LogP contribution in [0.15, 0.2) is 199 Å². The molecule has 0 saturated heterocycles. The van der Waals surface area contributed by atoms with E-state index in [0.29, 0.717) is 11.8 Å². The average molecular weight is 744 g/mol. The molecule has 3 heteroatoms. The molecule has 3 aromatic carbocycles. The molecule has 7 aliphatic rings. The van der Waals surface area contributed by atoms with Gasteiger partial charge in [-0.25, -0.2) is 9.97 Å². The summed E-state index contributed by atoms with van der Waals surface area (Å²) in [5, 5.41) is 2.22. The topological polar surface area (TPSA) is 38.1 Å². The molecule has 6 atom stereocenters. The number of aromatic nitrogens is 2. The Balaban J connectivity index is 0.874. The molecule has 12 rings (SSSR count). The first kappa shape index (κ1) is 33.4. The molecule has 0 saturated carbocycles. The molecule has 0 radical (unpaired) electrons. The lowest BCUT2D eigenvalue weighted by atomic mass is 9.63. The molecule has 2 aromatic heterocycles. The Morgan fingerprint density at radius 2 is 1.14 bits per heavy atom. The van der Waals surface area contributed by atoms with Crippen molar-refractivity contribution in [1.82, 2.24) is 9.97 Å². The van der Waals surface area contributed by atoms with E-state index in [2.05, 4.69) is 188 Å². The van der Waals surface area contributed by atoms with E-state index >= 15 is 0 Å². The van der Waals surface area contributed by atoms with E-state index < -0.39 is 0 Å². The van der Waals surface area contributed by atoms with Gasteiger partial charge >= 0.3 is 0 Å². The predicted octanol–water partition coefficient (Wildman–Crippen LogP) is 12.6. The minimum absolute atomic E-state index is 0.0913. The molecule has 1 aliphatic heterocycles. The lowest BCUT2D eigenvalue weighted by molar-refractivity contribution is 0.622. The second kappa shape index (κ2) is 13.5. The number of nitrogens with zero attached hydrogens (tertiary/aromatic N) is 3. The zero-order valence-corrected chi connectivity index (χ0v) is 32.1. The quantitative estimate of drug-likeness (QED) is 0.172. The number of fused-ring (bicyclic) bond motifs is 11. The molecule has 3 heterocycles. The van der Waals surface area contributed by atoms with Crippen molar-refractivity contribution >= 4 is 49.8 Å². The fourth-order valence-electron chi connectivity index (χ4n) is 10.2. The summed E-state index contributed by atoms with van der Waals surface area (Å²) in [5.41, 5.74) is 16.7. The van der Waals surface area contributed by atoms with E-state index in [1.165, 1.54) is 44.5 Å². The minimum Gasteiger partial charge on any atom is -0.276 e. The van der Waals surface area contributed by atoms with Gasteiger partial charge in [0.2, 0.25) is 0 Å². The number of allylic oxidation sites excluding steroid dienone is 19. The normalized spacial score (nSPS) is 26.0. The van der Waals surface area contributed by atoms with E-state index in [-0.39, 0.29) is 23.8 Å². The molecule has 6 aliphatic carbocycles. The lowest BCUT2D eigenvalue weighted by Crippen LogP contribution is -2.35. The van der Waals surface area contributed by atoms with E-state index in [1.54, 1.807) is 0 Å². The van der Waals surface area contributed by atoms with Crippen molar-refractivity contribution in [3.05, 3.63) is 227 Å². The van der Waals surface area contributed by atoms with E-state index in [0.717, 1.165) is 57.3 Å². The van der Waals surface area contributed by atoms with E-state index in [4.69, 9.17) is 15.0 Å². The molecule has 0 N–H and O–H groups in total. The van der Waals surface area contributed by atoms with Crippen molar-refractivity contribution in [2.75, 3.05) is 0 Å². The van der Waals surface area contributed by atoms with Gasteiger partial charge in [-0.05, 0) is 69.5 Å². The van der Waals surface area contributed by atoms with Gasteiger partial charge in [-0.3, -0.25) is 4.99 Å². The van der Waals surface area contributed by atoms with Crippen molar-refractivity contribution in [3.8, 4) is 0 Å². The summed E-state index contributed by atoms with van der Waals surface area (Å²) in [6, 6.07) is 31.3. The minimum atomic E-state index is 0.0913. The third-order valence-corrected chi connectivity index (χ3v) is 13.1. The molecular formula is C55H41N3. The van der Waals surface area contributed by atoms with Gasteiger partial charge in [-0.1, -0.05) is 176 Å². The van der Waals surface area contributed by atoms with E-state index in [9.17, 15) is 0 Å². The van der Waals surface area contributed by atoms with Crippen LogP contribution in [0.5, 0.6) is 0 Å². The molecular weight excluding hydrogens is 703 g/mol. The van der Waals surface area contributed by atoms with Gasteiger partial charge in [0.15, 0.2) is 0 Å². The van der Waals surface area contributed by atoms with Crippen LogP contribution in [0.2, 0.25) is 0 Å². The Morgan fingerprint density at radius 3 is 1.91 bits per heavy atom. The average Bonchev–Trinajstić information content (AvgIpc) is 3.30. The van der Waals surface area contributed by atoms with Crippen molar-refractivity contribution in [2.24, 2.45) is 28.7 Å². The van der Waals surface area contributed by atoms with Crippen LogP contribution in [0.1, 0.15) is 52.4 Å². The molecule has 0 amide bonds. The van der Waals surface area contributed by atoms with Crippen molar-refractivity contribution in [2.45, 2.75) is 24.8 Å². The zero-order chi connectivity index (χ0) is 38.2. The smallest absolute Gasteiger partial charge is 0.0972 e.